The first-order chi connectivity index (χ1) is 15.2. The number of phenols is 1. The quantitative estimate of drug-likeness (QED) is 0.670. The molecule has 2 aliphatic carbocycles. The predicted octanol–water partition coefficient (Wildman–Crippen LogP) is 4.05. The van der Waals surface area contributed by atoms with Crippen LogP contribution in [0.1, 0.15) is 73.4 Å². The number of H-pyrrole nitrogens is 1. The summed E-state index contributed by atoms with van der Waals surface area (Å²) in [7, 11) is 0. The topological polar surface area (TPSA) is 74.2 Å². The third-order valence-electron chi connectivity index (χ3n) is 7.65. The van der Waals surface area contributed by atoms with Gasteiger partial charge in [-0.15, -0.1) is 0 Å². The SMILES string of the molecule is O=c1[nH]c2c(c([C@H]3CCCN3C3CCC3)nn2Cc2cccc(O)c2)c2c1CCCC2. The van der Waals surface area contributed by atoms with Gasteiger partial charge in [-0.25, -0.2) is 4.68 Å². The molecule has 1 saturated heterocycles. The summed E-state index contributed by atoms with van der Waals surface area (Å²) >= 11 is 0. The van der Waals surface area contributed by atoms with E-state index in [1.54, 1.807) is 12.1 Å². The monoisotopic (exact) mass is 418 g/mol. The first-order valence-corrected chi connectivity index (χ1v) is 11.9. The Balaban J connectivity index is 1.52. The van der Waals surface area contributed by atoms with Gasteiger partial charge in [0.2, 0.25) is 0 Å². The van der Waals surface area contributed by atoms with Crippen LogP contribution in [-0.4, -0.2) is 37.4 Å². The lowest BCUT2D eigenvalue weighted by molar-refractivity contribution is 0.112. The number of hydrogen-bond donors (Lipinski definition) is 2. The van der Waals surface area contributed by atoms with Gasteiger partial charge in [0, 0.05) is 17.0 Å². The number of fused-ring (bicyclic) bond motifs is 3. The Bertz CT molecular complexity index is 1190. The second kappa shape index (κ2) is 7.52. The van der Waals surface area contributed by atoms with E-state index in [0.29, 0.717) is 18.6 Å². The molecule has 162 valence electrons. The summed E-state index contributed by atoms with van der Waals surface area (Å²) in [6.07, 6.45) is 10.4. The minimum Gasteiger partial charge on any atom is -0.508 e. The third kappa shape index (κ3) is 3.19. The molecular formula is C25H30N4O2. The molecular weight excluding hydrogens is 388 g/mol. The lowest BCUT2D eigenvalue weighted by atomic mass is 9.88. The van der Waals surface area contributed by atoms with Crippen LogP contribution in [0.2, 0.25) is 0 Å². The number of rotatable bonds is 4. The van der Waals surface area contributed by atoms with Crippen LogP contribution in [0.4, 0.5) is 0 Å². The number of likely N-dealkylation sites (tertiary alicyclic amines) is 1. The number of nitrogens with one attached hydrogen (secondary N) is 1. The van der Waals surface area contributed by atoms with Gasteiger partial charge >= 0.3 is 0 Å². The van der Waals surface area contributed by atoms with Gasteiger partial charge in [0.15, 0.2) is 0 Å². The summed E-state index contributed by atoms with van der Waals surface area (Å²) in [4.78, 5) is 18.8. The Labute approximate surface area is 181 Å². The summed E-state index contributed by atoms with van der Waals surface area (Å²) in [6, 6.07) is 8.35. The van der Waals surface area contributed by atoms with Crippen LogP contribution in [0.15, 0.2) is 29.1 Å². The zero-order chi connectivity index (χ0) is 20.9. The standard InChI is InChI=1S/C25H30N4O2/c30-18-9-3-6-16(14-18)15-29-24-22(19-10-1-2-11-20(19)25(31)26-24)23(27-29)21-12-5-13-28(21)17-7-4-8-17/h3,6,9,14,17,21,30H,1-2,4-5,7-8,10-13,15H2,(H,26,31)/t21-/m1/s1. The van der Waals surface area contributed by atoms with Crippen molar-refractivity contribution in [3.8, 4) is 5.75 Å². The fourth-order valence-corrected chi connectivity index (χ4v) is 5.93. The molecule has 2 aromatic heterocycles. The van der Waals surface area contributed by atoms with E-state index in [1.165, 1.54) is 36.6 Å². The van der Waals surface area contributed by atoms with E-state index in [9.17, 15) is 9.90 Å². The molecule has 2 fully saturated rings. The maximum Gasteiger partial charge on any atom is 0.253 e. The van der Waals surface area contributed by atoms with Crippen molar-refractivity contribution >= 4 is 11.0 Å². The fraction of sp³-hybridized carbons (Fsp3) is 0.520. The molecule has 1 saturated carbocycles. The molecule has 0 unspecified atom stereocenters. The number of aromatic nitrogens is 3. The molecule has 0 amide bonds. The van der Waals surface area contributed by atoms with E-state index in [4.69, 9.17) is 5.10 Å². The Kier molecular flexibility index (Phi) is 4.64. The number of aryl methyl sites for hydroxylation is 1. The number of hydrogen-bond acceptors (Lipinski definition) is 4. The lowest BCUT2D eigenvalue weighted by Crippen LogP contribution is -2.39. The van der Waals surface area contributed by atoms with Crippen molar-refractivity contribution in [3.63, 3.8) is 0 Å². The second-order valence-electron chi connectivity index (χ2n) is 9.54. The number of benzene rings is 1. The normalized spacial score (nSPS) is 22.0. The van der Waals surface area contributed by atoms with Crippen molar-refractivity contribution in [2.45, 2.75) is 76.4 Å². The zero-order valence-corrected chi connectivity index (χ0v) is 17.9. The minimum atomic E-state index is 0.0491. The zero-order valence-electron chi connectivity index (χ0n) is 17.9. The van der Waals surface area contributed by atoms with Crippen LogP contribution in [0.5, 0.6) is 5.75 Å². The summed E-state index contributed by atoms with van der Waals surface area (Å²) < 4.78 is 1.97. The molecule has 6 rings (SSSR count). The largest absolute Gasteiger partial charge is 0.508 e. The highest BCUT2D eigenvalue weighted by molar-refractivity contribution is 5.84. The predicted molar refractivity (Wildman–Crippen MR) is 121 cm³/mol. The summed E-state index contributed by atoms with van der Waals surface area (Å²) in [6.45, 7) is 1.69. The molecule has 1 atom stereocenters. The van der Waals surface area contributed by atoms with Crippen LogP contribution >= 0.6 is 0 Å². The fourth-order valence-electron chi connectivity index (χ4n) is 5.93. The Hall–Kier alpha value is -2.60. The van der Waals surface area contributed by atoms with Gasteiger partial charge in [0.25, 0.3) is 5.56 Å². The van der Waals surface area contributed by atoms with Crippen molar-refractivity contribution in [2.75, 3.05) is 6.54 Å². The molecule has 2 N–H and O–H groups in total. The van der Waals surface area contributed by atoms with Crippen molar-refractivity contribution in [3.05, 3.63) is 57.0 Å². The van der Waals surface area contributed by atoms with E-state index in [2.05, 4.69) is 9.88 Å². The molecule has 0 radical (unpaired) electrons. The first kappa shape index (κ1) is 19.1. The van der Waals surface area contributed by atoms with Crippen molar-refractivity contribution in [1.29, 1.82) is 0 Å². The molecule has 0 bridgehead atoms. The van der Waals surface area contributed by atoms with Gasteiger partial charge in [0.1, 0.15) is 11.4 Å². The summed E-state index contributed by atoms with van der Waals surface area (Å²) in [5.41, 5.74) is 5.26. The molecule has 31 heavy (non-hydrogen) atoms. The first-order valence-electron chi connectivity index (χ1n) is 11.9. The molecule has 1 aromatic carbocycles. The highest BCUT2D eigenvalue weighted by atomic mass is 16.3. The maximum atomic E-state index is 12.9. The number of nitrogens with zero attached hydrogens (tertiary/aromatic N) is 3. The van der Waals surface area contributed by atoms with E-state index in [-0.39, 0.29) is 11.3 Å². The molecule has 3 aliphatic rings. The number of aromatic amines is 1. The summed E-state index contributed by atoms with van der Waals surface area (Å²) in [5, 5.41) is 16.3. The average Bonchev–Trinajstić information content (AvgIpc) is 3.32. The van der Waals surface area contributed by atoms with Crippen LogP contribution in [0.25, 0.3) is 11.0 Å². The van der Waals surface area contributed by atoms with Crippen molar-refractivity contribution < 1.29 is 5.11 Å². The van der Waals surface area contributed by atoms with Crippen LogP contribution < -0.4 is 5.56 Å². The molecule has 6 nitrogen and oxygen atoms in total. The van der Waals surface area contributed by atoms with Crippen LogP contribution in [-0.2, 0) is 19.4 Å². The average molecular weight is 419 g/mol. The lowest BCUT2D eigenvalue weighted by Gasteiger charge is -2.38. The highest BCUT2D eigenvalue weighted by Gasteiger charge is 2.38. The van der Waals surface area contributed by atoms with E-state index >= 15 is 0 Å². The molecule has 6 heteroatoms. The molecule has 1 aliphatic heterocycles. The van der Waals surface area contributed by atoms with Gasteiger partial charge in [0.05, 0.1) is 18.3 Å². The smallest absolute Gasteiger partial charge is 0.253 e. The number of pyridine rings is 1. The van der Waals surface area contributed by atoms with E-state index in [0.717, 1.165) is 61.1 Å². The van der Waals surface area contributed by atoms with Gasteiger partial charge < -0.3 is 10.1 Å². The minimum absolute atomic E-state index is 0.0491. The molecule has 3 heterocycles. The number of aromatic hydroxyl groups is 1. The van der Waals surface area contributed by atoms with E-state index < -0.39 is 0 Å². The summed E-state index contributed by atoms with van der Waals surface area (Å²) in [5.74, 6) is 0.256. The Morgan fingerprint density at radius 1 is 1.06 bits per heavy atom. The third-order valence-corrected chi connectivity index (χ3v) is 7.65. The van der Waals surface area contributed by atoms with Gasteiger partial charge in [-0.05, 0) is 81.2 Å². The van der Waals surface area contributed by atoms with E-state index in [1.807, 2.05) is 16.8 Å². The highest BCUT2D eigenvalue weighted by Crippen LogP contribution is 2.42. The van der Waals surface area contributed by atoms with Gasteiger partial charge in [-0.3, -0.25) is 9.69 Å². The van der Waals surface area contributed by atoms with Gasteiger partial charge in [-0.2, -0.15) is 5.10 Å². The maximum absolute atomic E-state index is 12.9. The Morgan fingerprint density at radius 2 is 1.90 bits per heavy atom. The van der Waals surface area contributed by atoms with Gasteiger partial charge in [-0.1, -0.05) is 18.6 Å². The number of phenolic OH excluding ortho intramolecular Hbond substituents is 1. The van der Waals surface area contributed by atoms with Crippen molar-refractivity contribution in [1.82, 2.24) is 19.7 Å². The van der Waals surface area contributed by atoms with Crippen LogP contribution in [0, 0.1) is 0 Å². The molecule has 3 aromatic rings. The second-order valence-corrected chi connectivity index (χ2v) is 9.54. The van der Waals surface area contributed by atoms with Crippen LogP contribution in [0.3, 0.4) is 0 Å². The molecule has 0 spiro atoms. The Morgan fingerprint density at radius 3 is 2.68 bits per heavy atom. The van der Waals surface area contributed by atoms with Crippen molar-refractivity contribution in [2.24, 2.45) is 0 Å².